The molecular weight excluding hydrogens is 209 g/mol. The summed E-state index contributed by atoms with van der Waals surface area (Å²) < 4.78 is 17.7. The zero-order valence-electron chi connectivity index (χ0n) is 8.85. The Hall–Kier alpha value is -2.04. The average Bonchev–Trinajstić information content (AvgIpc) is 2.65. The van der Waals surface area contributed by atoms with Gasteiger partial charge >= 0.3 is 0 Å². The monoisotopic (exact) mass is 221 g/mol. The predicted molar refractivity (Wildman–Crippen MR) is 59.4 cm³/mol. The van der Waals surface area contributed by atoms with Crippen LogP contribution in [0.3, 0.4) is 0 Å². The van der Waals surface area contributed by atoms with Gasteiger partial charge in [-0.05, 0) is 24.3 Å². The Kier molecular flexibility index (Phi) is 2.76. The van der Waals surface area contributed by atoms with Crippen LogP contribution in [0.25, 0.3) is 0 Å². The fraction of sp³-hybridized carbons (Fsp3) is 0.182. The summed E-state index contributed by atoms with van der Waals surface area (Å²) in [4.78, 5) is 1.92. The van der Waals surface area contributed by atoms with E-state index in [-0.39, 0.29) is 5.82 Å². The molecule has 2 aromatic rings. The van der Waals surface area contributed by atoms with Gasteiger partial charge in [0.2, 0.25) is 0 Å². The summed E-state index contributed by atoms with van der Waals surface area (Å²) in [7, 11) is 1.88. The van der Waals surface area contributed by atoms with Crippen molar-refractivity contribution in [3.63, 3.8) is 0 Å². The molecule has 1 aromatic heterocycles. The molecule has 2 N–H and O–H groups in total. The molecule has 0 saturated carbocycles. The van der Waals surface area contributed by atoms with E-state index < -0.39 is 0 Å². The van der Waals surface area contributed by atoms with Gasteiger partial charge in [-0.25, -0.2) is 4.39 Å². The van der Waals surface area contributed by atoms with E-state index in [4.69, 9.17) is 10.3 Å². The van der Waals surface area contributed by atoms with Crippen LogP contribution in [0.4, 0.5) is 15.9 Å². The molecule has 0 saturated heterocycles. The standard InChI is InChI=1S/C11H12FN3O/c1-15(7-10-6-11(13)14-16-10)9-4-2-8(12)3-5-9/h2-6H,7H2,1H3,(H2,13,14). The summed E-state index contributed by atoms with van der Waals surface area (Å²) in [6, 6.07) is 7.91. The fourth-order valence-electron chi connectivity index (χ4n) is 1.42. The summed E-state index contributed by atoms with van der Waals surface area (Å²) in [5, 5.41) is 3.59. The Morgan fingerprint density at radius 3 is 2.62 bits per heavy atom. The van der Waals surface area contributed by atoms with Crippen LogP contribution in [-0.4, -0.2) is 12.2 Å². The van der Waals surface area contributed by atoms with Gasteiger partial charge in [-0.1, -0.05) is 5.16 Å². The second kappa shape index (κ2) is 4.22. The number of halogens is 1. The lowest BCUT2D eigenvalue weighted by atomic mass is 10.3. The minimum Gasteiger partial charge on any atom is -0.381 e. The molecular formula is C11H12FN3O. The van der Waals surface area contributed by atoms with E-state index in [1.165, 1.54) is 12.1 Å². The van der Waals surface area contributed by atoms with Crippen molar-refractivity contribution in [1.29, 1.82) is 0 Å². The Morgan fingerprint density at radius 2 is 2.06 bits per heavy atom. The first kappa shape index (κ1) is 10.5. The smallest absolute Gasteiger partial charge is 0.167 e. The Bertz CT molecular complexity index is 466. The number of rotatable bonds is 3. The molecule has 0 bridgehead atoms. The lowest BCUT2D eigenvalue weighted by molar-refractivity contribution is 0.385. The van der Waals surface area contributed by atoms with Crippen molar-refractivity contribution in [2.75, 3.05) is 17.7 Å². The highest BCUT2D eigenvalue weighted by Crippen LogP contribution is 2.16. The van der Waals surface area contributed by atoms with Crippen LogP contribution in [0.1, 0.15) is 5.76 Å². The van der Waals surface area contributed by atoms with Crippen molar-refractivity contribution in [3.8, 4) is 0 Å². The molecule has 0 spiro atoms. The van der Waals surface area contributed by atoms with E-state index in [2.05, 4.69) is 5.16 Å². The van der Waals surface area contributed by atoms with Gasteiger partial charge in [0.15, 0.2) is 11.6 Å². The molecule has 0 atom stereocenters. The van der Waals surface area contributed by atoms with E-state index in [0.29, 0.717) is 18.1 Å². The molecule has 5 heteroatoms. The van der Waals surface area contributed by atoms with Gasteiger partial charge in [0.25, 0.3) is 0 Å². The zero-order valence-corrected chi connectivity index (χ0v) is 8.85. The maximum Gasteiger partial charge on any atom is 0.167 e. The van der Waals surface area contributed by atoms with Crippen molar-refractivity contribution < 1.29 is 8.91 Å². The highest BCUT2D eigenvalue weighted by Gasteiger charge is 2.06. The van der Waals surface area contributed by atoms with Gasteiger partial charge in [0.05, 0.1) is 6.54 Å². The summed E-state index contributed by atoms with van der Waals surface area (Å²) >= 11 is 0. The van der Waals surface area contributed by atoms with Crippen molar-refractivity contribution in [3.05, 3.63) is 41.9 Å². The van der Waals surface area contributed by atoms with Crippen LogP contribution in [0.15, 0.2) is 34.9 Å². The molecule has 84 valence electrons. The largest absolute Gasteiger partial charge is 0.381 e. The number of hydrogen-bond donors (Lipinski definition) is 1. The van der Waals surface area contributed by atoms with Crippen molar-refractivity contribution in [2.24, 2.45) is 0 Å². The number of nitrogens with zero attached hydrogens (tertiary/aromatic N) is 2. The first-order valence-corrected chi connectivity index (χ1v) is 4.83. The first-order chi connectivity index (χ1) is 7.65. The van der Waals surface area contributed by atoms with E-state index >= 15 is 0 Å². The van der Waals surface area contributed by atoms with E-state index in [9.17, 15) is 4.39 Å². The number of nitrogens with two attached hydrogens (primary N) is 1. The third-order valence-electron chi connectivity index (χ3n) is 2.24. The summed E-state index contributed by atoms with van der Waals surface area (Å²) in [5.74, 6) is 0.785. The molecule has 0 fully saturated rings. The SMILES string of the molecule is CN(Cc1cc(N)no1)c1ccc(F)cc1. The molecule has 16 heavy (non-hydrogen) atoms. The number of aromatic nitrogens is 1. The minimum atomic E-state index is -0.249. The molecule has 1 heterocycles. The van der Waals surface area contributed by atoms with E-state index in [1.54, 1.807) is 18.2 Å². The molecule has 0 aliphatic carbocycles. The number of anilines is 2. The number of hydrogen-bond acceptors (Lipinski definition) is 4. The van der Waals surface area contributed by atoms with Crippen molar-refractivity contribution >= 4 is 11.5 Å². The number of benzene rings is 1. The van der Waals surface area contributed by atoms with Gasteiger partial charge in [-0.15, -0.1) is 0 Å². The van der Waals surface area contributed by atoms with Crippen molar-refractivity contribution in [1.82, 2.24) is 5.16 Å². The third kappa shape index (κ3) is 2.31. The summed E-state index contributed by atoms with van der Waals surface area (Å²) in [5.41, 5.74) is 6.34. The Labute approximate surface area is 92.4 Å². The van der Waals surface area contributed by atoms with Crippen molar-refractivity contribution in [2.45, 2.75) is 6.54 Å². The lowest BCUT2D eigenvalue weighted by Crippen LogP contribution is -2.15. The summed E-state index contributed by atoms with van der Waals surface area (Å²) in [6.45, 7) is 0.538. The van der Waals surface area contributed by atoms with Crippen LogP contribution in [0.2, 0.25) is 0 Å². The molecule has 0 amide bonds. The second-order valence-electron chi connectivity index (χ2n) is 3.55. The summed E-state index contributed by atoms with van der Waals surface area (Å²) in [6.07, 6.45) is 0. The molecule has 0 unspecified atom stereocenters. The van der Waals surface area contributed by atoms with Crippen LogP contribution in [0, 0.1) is 5.82 Å². The van der Waals surface area contributed by atoms with Crippen LogP contribution in [-0.2, 0) is 6.54 Å². The molecule has 1 aromatic carbocycles. The van der Waals surface area contributed by atoms with Crippen LogP contribution >= 0.6 is 0 Å². The molecule has 2 rings (SSSR count). The number of nitrogen functional groups attached to an aromatic ring is 1. The normalized spacial score (nSPS) is 10.4. The zero-order chi connectivity index (χ0) is 11.5. The molecule has 0 aliphatic rings. The van der Waals surface area contributed by atoms with Crippen LogP contribution in [0.5, 0.6) is 0 Å². The van der Waals surface area contributed by atoms with Gasteiger partial charge in [-0.2, -0.15) is 0 Å². The second-order valence-corrected chi connectivity index (χ2v) is 3.55. The first-order valence-electron chi connectivity index (χ1n) is 4.83. The average molecular weight is 221 g/mol. The highest BCUT2D eigenvalue weighted by molar-refractivity contribution is 5.45. The van der Waals surface area contributed by atoms with Gasteiger partial charge in [0, 0.05) is 18.8 Å². The third-order valence-corrected chi connectivity index (χ3v) is 2.24. The van der Waals surface area contributed by atoms with Gasteiger partial charge in [0.1, 0.15) is 5.82 Å². The fourth-order valence-corrected chi connectivity index (χ4v) is 1.42. The molecule has 4 nitrogen and oxygen atoms in total. The molecule has 0 aliphatic heterocycles. The highest BCUT2D eigenvalue weighted by atomic mass is 19.1. The Morgan fingerprint density at radius 1 is 1.38 bits per heavy atom. The van der Waals surface area contributed by atoms with Gasteiger partial charge < -0.3 is 15.2 Å². The van der Waals surface area contributed by atoms with Crippen LogP contribution < -0.4 is 10.6 Å². The topological polar surface area (TPSA) is 55.3 Å². The quantitative estimate of drug-likeness (QED) is 0.861. The van der Waals surface area contributed by atoms with E-state index in [1.807, 2.05) is 11.9 Å². The molecule has 0 radical (unpaired) electrons. The van der Waals surface area contributed by atoms with E-state index in [0.717, 1.165) is 5.69 Å². The van der Waals surface area contributed by atoms with Gasteiger partial charge in [-0.3, -0.25) is 0 Å². The maximum atomic E-state index is 12.7. The maximum absolute atomic E-state index is 12.7. The Balaban J connectivity index is 2.08. The predicted octanol–water partition coefficient (Wildman–Crippen LogP) is 2.03. The lowest BCUT2D eigenvalue weighted by Gasteiger charge is -2.17. The minimum absolute atomic E-state index is 0.249.